The first kappa shape index (κ1) is 18.9. The predicted molar refractivity (Wildman–Crippen MR) is 115 cm³/mol. The molecule has 0 N–H and O–H groups in total. The van der Waals surface area contributed by atoms with Crippen molar-refractivity contribution in [1.29, 1.82) is 0 Å². The van der Waals surface area contributed by atoms with Gasteiger partial charge in [0, 0.05) is 30.5 Å². The molecular formula is C24H19ClN2O3. The van der Waals surface area contributed by atoms with Crippen LogP contribution in [-0.2, 0) is 13.0 Å². The minimum absolute atomic E-state index is 0.116. The lowest BCUT2D eigenvalue weighted by Gasteiger charge is -2.29. The molecular weight excluding hydrogens is 400 g/mol. The topological polar surface area (TPSA) is 51.7 Å². The number of benzene rings is 2. The molecule has 5 rings (SSSR count). The highest BCUT2D eigenvalue weighted by Gasteiger charge is 2.33. The average Bonchev–Trinajstić information content (AvgIpc) is 3.10. The van der Waals surface area contributed by atoms with Gasteiger partial charge in [-0.1, -0.05) is 29.8 Å². The molecule has 3 heterocycles. The van der Waals surface area contributed by atoms with Crippen LogP contribution in [0.1, 0.15) is 27.0 Å². The second-order valence-electron chi connectivity index (χ2n) is 7.35. The fourth-order valence-electron chi connectivity index (χ4n) is 3.70. The average molecular weight is 419 g/mol. The third-order valence-corrected chi connectivity index (χ3v) is 5.55. The van der Waals surface area contributed by atoms with E-state index < -0.39 is 0 Å². The van der Waals surface area contributed by atoms with Crippen LogP contribution in [0.15, 0.2) is 66.7 Å². The van der Waals surface area contributed by atoms with Crippen LogP contribution < -0.4 is 9.47 Å². The molecule has 0 amide bonds. The van der Waals surface area contributed by atoms with Crippen molar-refractivity contribution in [2.75, 3.05) is 13.3 Å². The Bertz CT molecular complexity index is 1130. The summed E-state index contributed by atoms with van der Waals surface area (Å²) in [5.74, 6) is 1.57. The first-order chi connectivity index (χ1) is 14.7. The van der Waals surface area contributed by atoms with Crippen molar-refractivity contribution in [3.63, 3.8) is 0 Å². The summed E-state index contributed by atoms with van der Waals surface area (Å²) in [6.07, 6.45) is 6.00. The number of aromatic nitrogens is 1. The van der Waals surface area contributed by atoms with Gasteiger partial charge >= 0.3 is 0 Å². The third kappa shape index (κ3) is 3.70. The molecule has 2 aliphatic rings. The normalized spacial score (nSPS) is 16.7. The number of hydrogen-bond donors (Lipinski definition) is 0. The van der Waals surface area contributed by atoms with Crippen molar-refractivity contribution < 1.29 is 14.3 Å². The van der Waals surface area contributed by atoms with Gasteiger partial charge in [-0.25, -0.2) is 0 Å². The highest BCUT2D eigenvalue weighted by atomic mass is 35.5. The van der Waals surface area contributed by atoms with Crippen molar-refractivity contribution in [2.24, 2.45) is 0 Å². The summed E-state index contributed by atoms with van der Waals surface area (Å²) in [7, 11) is 0. The van der Waals surface area contributed by atoms with E-state index in [0.717, 1.165) is 34.9 Å². The quantitative estimate of drug-likeness (QED) is 0.572. The number of carbonyl (C=O) groups excluding carboxylic acids is 1. The van der Waals surface area contributed by atoms with E-state index in [1.54, 1.807) is 24.5 Å². The van der Waals surface area contributed by atoms with Crippen molar-refractivity contribution in [2.45, 2.75) is 13.0 Å². The number of ketones is 1. The van der Waals surface area contributed by atoms with E-state index >= 15 is 0 Å². The number of carbonyl (C=O) groups is 1. The van der Waals surface area contributed by atoms with Crippen LogP contribution in [0.2, 0.25) is 5.02 Å². The predicted octanol–water partition coefficient (Wildman–Crippen LogP) is 4.75. The summed E-state index contributed by atoms with van der Waals surface area (Å²) in [6, 6.07) is 15.2. The second kappa shape index (κ2) is 7.94. The van der Waals surface area contributed by atoms with Crippen molar-refractivity contribution >= 4 is 23.5 Å². The fraction of sp³-hybridized carbons (Fsp3) is 0.167. The van der Waals surface area contributed by atoms with Gasteiger partial charge in [-0.3, -0.25) is 14.7 Å². The molecule has 0 saturated heterocycles. The molecule has 0 atom stereocenters. The number of pyridine rings is 1. The van der Waals surface area contributed by atoms with Gasteiger partial charge in [0.2, 0.25) is 5.78 Å². The van der Waals surface area contributed by atoms with Crippen LogP contribution in [-0.4, -0.2) is 28.9 Å². The molecule has 0 unspecified atom stereocenters. The summed E-state index contributed by atoms with van der Waals surface area (Å²) in [6.45, 7) is 2.00. The van der Waals surface area contributed by atoms with E-state index in [-0.39, 0.29) is 5.78 Å². The van der Waals surface area contributed by atoms with Gasteiger partial charge in [0.15, 0.2) is 5.76 Å². The van der Waals surface area contributed by atoms with Crippen LogP contribution in [0, 0.1) is 0 Å². The molecule has 0 spiro atoms. The van der Waals surface area contributed by atoms with Crippen LogP contribution >= 0.6 is 11.6 Å². The zero-order chi connectivity index (χ0) is 20.5. The van der Waals surface area contributed by atoms with Crippen LogP contribution in [0.5, 0.6) is 11.5 Å². The Labute approximate surface area is 179 Å². The monoisotopic (exact) mass is 418 g/mol. The highest BCUT2D eigenvalue weighted by molar-refractivity contribution is 6.30. The Morgan fingerprint density at radius 3 is 2.80 bits per heavy atom. The van der Waals surface area contributed by atoms with Gasteiger partial charge in [-0.2, -0.15) is 0 Å². The molecule has 6 heteroatoms. The Morgan fingerprint density at radius 2 is 2.00 bits per heavy atom. The first-order valence-corrected chi connectivity index (χ1v) is 10.1. The van der Waals surface area contributed by atoms with E-state index in [0.29, 0.717) is 30.3 Å². The largest absolute Gasteiger partial charge is 0.478 e. The Kier molecular flexibility index (Phi) is 4.99. The van der Waals surface area contributed by atoms with Crippen LogP contribution in [0.25, 0.3) is 6.08 Å². The molecule has 150 valence electrons. The molecule has 0 fully saturated rings. The highest BCUT2D eigenvalue weighted by Crippen LogP contribution is 2.42. The molecule has 5 nitrogen and oxygen atoms in total. The number of Topliss-reactive ketones (excluding diaryl/α,β-unsaturated/α-hetero) is 1. The van der Waals surface area contributed by atoms with Gasteiger partial charge < -0.3 is 9.47 Å². The maximum atomic E-state index is 12.8. The molecule has 0 bridgehead atoms. The SMILES string of the molecule is O=C1/C(=C/c2cccnc2)Oc2c1ccc1c2CN(CCc2ccc(Cl)cc2)CO1. The van der Waals surface area contributed by atoms with Crippen molar-refractivity contribution in [3.8, 4) is 11.5 Å². The molecule has 2 aromatic carbocycles. The lowest BCUT2D eigenvalue weighted by atomic mass is 10.0. The van der Waals surface area contributed by atoms with Gasteiger partial charge in [0.05, 0.1) is 11.1 Å². The number of rotatable bonds is 4. The summed E-state index contributed by atoms with van der Waals surface area (Å²) in [5, 5.41) is 0.738. The standard InChI is InChI=1S/C24H19ClN2O3/c25-18-5-3-16(4-6-18)9-11-27-14-20-21(29-15-27)8-7-19-23(28)22(30-24(19)20)12-17-2-1-10-26-13-17/h1-8,10,12-13H,9,11,14-15H2/b22-12-. The lowest BCUT2D eigenvalue weighted by molar-refractivity contribution is 0.0950. The van der Waals surface area contributed by atoms with Gasteiger partial charge in [0.25, 0.3) is 0 Å². The van der Waals surface area contributed by atoms with Crippen LogP contribution in [0.4, 0.5) is 0 Å². The zero-order valence-electron chi connectivity index (χ0n) is 16.2. The fourth-order valence-corrected chi connectivity index (χ4v) is 3.82. The van der Waals surface area contributed by atoms with Gasteiger partial charge in [0.1, 0.15) is 18.2 Å². The number of nitrogens with zero attached hydrogens (tertiary/aromatic N) is 2. The molecule has 2 aliphatic heterocycles. The lowest BCUT2D eigenvalue weighted by Crippen LogP contribution is -2.33. The molecule has 1 aromatic heterocycles. The van der Waals surface area contributed by atoms with E-state index in [9.17, 15) is 4.79 Å². The van der Waals surface area contributed by atoms with Crippen molar-refractivity contribution in [3.05, 3.63) is 94.0 Å². The van der Waals surface area contributed by atoms with Crippen LogP contribution in [0.3, 0.4) is 0 Å². The molecule has 30 heavy (non-hydrogen) atoms. The smallest absolute Gasteiger partial charge is 0.231 e. The molecule has 3 aromatic rings. The summed E-state index contributed by atoms with van der Waals surface area (Å²) in [4.78, 5) is 19.1. The number of allylic oxidation sites excluding steroid dienone is 1. The molecule has 0 aliphatic carbocycles. The van der Waals surface area contributed by atoms with E-state index in [1.807, 2.05) is 42.5 Å². The third-order valence-electron chi connectivity index (χ3n) is 5.29. The number of ether oxygens (including phenoxy) is 2. The number of halogens is 1. The van der Waals surface area contributed by atoms with E-state index in [4.69, 9.17) is 21.1 Å². The Morgan fingerprint density at radius 1 is 1.13 bits per heavy atom. The maximum Gasteiger partial charge on any atom is 0.231 e. The van der Waals surface area contributed by atoms with Gasteiger partial charge in [-0.05, 0) is 54.0 Å². The minimum Gasteiger partial charge on any atom is -0.478 e. The zero-order valence-corrected chi connectivity index (χ0v) is 16.9. The van der Waals surface area contributed by atoms with E-state index in [1.165, 1.54) is 5.56 Å². The Balaban J connectivity index is 1.35. The first-order valence-electron chi connectivity index (χ1n) is 9.77. The van der Waals surface area contributed by atoms with Crippen molar-refractivity contribution in [1.82, 2.24) is 9.88 Å². The molecule has 0 radical (unpaired) electrons. The molecule has 0 saturated carbocycles. The number of fused-ring (bicyclic) bond motifs is 3. The maximum absolute atomic E-state index is 12.8. The number of hydrogen-bond acceptors (Lipinski definition) is 5. The summed E-state index contributed by atoms with van der Waals surface area (Å²) in [5.41, 5.74) is 3.53. The Hall–Kier alpha value is -3.15. The summed E-state index contributed by atoms with van der Waals surface area (Å²) >= 11 is 5.97. The minimum atomic E-state index is -0.116. The summed E-state index contributed by atoms with van der Waals surface area (Å²) < 4.78 is 11.9. The van der Waals surface area contributed by atoms with Gasteiger partial charge in [-0.15, -0.1) is 0 Å². The second-order valence-corrected chi connectivity index (χ2v) is 7.78. The van der Waals surface area contributed by atoms with E-state index in [2.05, 4.69) is 9.88 Å².